The molecule has 158 valence electrons. The minimum Gasteiger partial charge on any atom is -0.493 e. The molecule has 1 aliphatic heterocycles. The summed E-state index contributed by atoms with van der Waals surface area (Å²) in [6.45, 7) is 14.7. The van der Waals surface area contributed by atoms with Crippen molar-refractivity contribution in [3.63, 3.8) is 0 Å². The standard InChI is InChI=1S/C22H38N4O2/c1-6-26(17(2)3)11-10-24-22(23-5)25-14-20-8-7-18(4)13-21(20)28-16-19-9-12-27-15-19/h7-8,13,17,19H,6,9-12,14-16H2,1-5H3,(H2,23,24,25). The van der Waals surface area contributed by atoms with Crippen LogP contribution in [0.4, 0.5) is 0 Å². The van der Waals surface area contributed by atoms with Gasteiger partial charge >= 0.3 is 0 Å². The molecule has 0 radical (unpaired) electrons. The van der Waals surface area contributed by atoms with Gasteiger partial charge in [0.15, 0.2) is 5.96 Å². The summed E-state index contributed by atoms with van der Waals surface area (Å²) in [4.78, 5) is 6.77. The second-order valence-electron chi connectivity index (χ2n) is 7.73. The molecule has 0 bridgehead atoms. The van der Waals surface area contributed by atoms with E-state index in [1.165, 1.54) is 5.56 Å². The molecule has 1 aromatic rings. The molecule has 1 aliphatic rings. The average Bonchev–Trinajstić information content (AvgIpc) is 3.20. The molecule has 0 spiro atoms. The molecule has 1 aromatic carbocycles. The van der Waals surface area contributed by atoms with Crippen molar-refractivity contribution in [2.24, 2.45) is 10.9 Å². The minimum atomic E-state index is 0.498. The first-order valence-corrected chi connectivity index (χ1v) is 10.5. The molecule has 1 heterocycles. The van der Waals surface area contributed by atoms with Gasteiger partial charge in [0.2, 0.25) is 0 Å². The molecule has 2 N–H and O–H groups in total. The van der Waals surface area contributed by atoms with Crippen LogP contribution in [0.25, 0.3) is 0 Å². The third-order valence-corrected chi connectivity index (χ3v) is 5.22. The topological polar surface area (TPSA) is 58.1 Å². The third kappa shape index (κ3) is 7.32. The molecule has 0 aliphatic carbocycles. The number of likely N-dealkylation sites (N-methyl/N-ethyl adjacent to an activating group) is 1. The Morgan fingerprint density at radius 1 is 1.36 bits per heavy atom. The van der Waals surface area contributed by atoms with Gasteiger partial charge < -0.3 is 20.1 Å². The lowest BCUT2D eigenvalue weighted by Gasteiger charge is -2.25. The maximum Gasteiger partial charge on any atom is 0.191 e. The molecule has 1 unspecified atom stereocenters. The number of nitrogens with zero attached hydrogens (tertiary/aromatic N) is 2. The average molecular weight is 391 g/mol. The normalized spacial score (nSPS) is 17.4. The smallest absolute Gasteiger partial charge is 0.191 e. The first-order chi connectivity index (χ1) is 13.5. The van der Waals surface area contributed by atoms with Gasteiger partial charge in [-0.15, -0.1) is 0 Å². The van der Waals surface area contributed by atoms with Gasteiger partial charge in [0.1, 0.15) is 5.75 Å². The maximum absolute atomic E-state index is 6.13. The Balaban J connectivity index is 1.85. The van der Waals surface area contributed by atoms with Crippen molar-refractivity contribution in [2.45, 2.75) is 46.7 Å². The van der Waals surface area contributed by atoms with Crippen LogP contribution >= 0.6 is 0 Å². The molecule has 1 fully saturated rings. The predicted molar refractivity (Wildman–Crippen MR) is 116 cm³/mol. The van der Waals surface area contributed by atoms with E-state index in [1.807, 2.05) is 7.05 Å². The zero-order valence-electron chi connectivity index (χ0n) is 18.3. The van der Waals surface area contributed by atoms with E-state index >= 15 is 0 Å². The molecule has 0 aromatic heterocycles. The molecule has 2 rings (SSSR count). The molecule has 6 heteroatoms. The fourth-order valence-corrected chi connectivity index (χ4v) is 3.36. The Kier molecular flexibility index (Phi) is 9.58. The van der Waals surface area contributed by atoms with Crippen LogP contribution in [0.5, 0.6) is 5.75 Å². The zero-order chi connectivity index (χ0) is 20.4. The van der Waals surface area contributed by atoms with Crippen molar-refractivity contribution in [1.29, 1.82) is 0 Å². The van der Waals surface area contributed by atoms with E-state index in [-0.39, 0.29) is 0 Å². The number of hydrogen-bond acceptors (Lipinski definition) is 4. The second kappa shape index (κ2) is 11.9. The number of nitrogens with one attached hydrogen (secondary N) is 2. The Labute approximate surface area is 170 Å². The Morgan fingerprint density at radius 2 is 2.18 bits per heavy atom. The Morgan fingerprint density at radius 3 is 2.82 bits per heavy atom. The van der Waals surface area contributed by atoms with E-state index in [2.05, 4.69) is 66.4 Å². The van der Waals surface area contributed by atoms with Gasteiger partial charge in [-0.05, 0) is 45.4 Å². The van der Waals surface area contributed by atoms with Gasteiger partial charge in [0.05, 0.1) is 13.2 Å². The number of ether oxygens (including phenoxy) is 2. The van der Waals surface area contributed by atoms with Crippen LogP contribution in [0, 0.1) is 12.8 Å². The van der Waals surface area contributed by atoms with E-state index in [0.717, 1.165) is 56.5 Å². The maximum atomic E-state index is 6.13. The Hall–Kier alpha value is -1.79. The van der Waals surface area contributed by atoms with Crippen LogP contribution in [0.3, 0.4) is 0 Å². The van der Waals surface area contributed by atoms with Crippen molar-refractivity contribution in [1.82, 2.24) is 15.5 Å². The summed E-state index contributed by atoms with van der Waals surface area (Å²) in [6, 6.07) is 6.93. The third-order valence-electron chi connectivity index (χ3n) is 5.22. The van der Waals surface area contributed by atoms with Gasteiger partial charge in [-0.25, -0.2) is 0 Å². The molecule has 28 heavy (non-hydrogen) atoms. The van der Waals surface area contributed by atoms with Gasteiger partial charge in [-0.2, -0.15) is 0 Å². The van der Waals surface area contributed by atoms with Gasteiger partial charge in [-0.1, -0.05) is 19.1 Å². The number of hydrogen-bond donors (Lipinski definition) is 2. The molecule has 1 atom stereocenters. The van der Waals surface area contributed by atoms with Crippen molar-refractivity contribution >= 4 is 5.96 Å². The lowest BCUT2D eigenvalue weighted by atomic mass is 10.1. The summed E-state index contributed by atoms with van der Waals surface area (Å²) in [5.74, 6) is 2.26. The van der Waals surface area contributed by atoms with Crippen LogP contribution in [-0.2, 0) is 11.3 Å². The summed E-state index contributed by atoms with van der Waals surface area (Å²) in [5, 5.41) is 6.82. The van der Waals surface area contributed by atoms with Crippen molar-refractivity contribution in [2.75, 3.05) is 46.5 Å². The van der Waals surface area contributed by atoms with Crippen molar-refractivity contribution < 1.29 is 9.47 Å². The zero-order valence-corrected chi connectivity index (χ0v) is 18.3. The number of benzene rings is 1. The molecule has 1 saturated heterocycles. The number of guanidine groups is 1. The van der Waals surface area contributed by atoms with E-state index in [0.29, 0.717) is 25.1 Å². The number of aryl methyl sites for hydroxylation is 1. The summed E-state index contributed by atoms with van der Waals surface area (Å²) in [7, 11) is 1.81. The molecular weight excluding hydrogens is 352 g/mol. The van der Waals surface area contributed by atoms with Crippen molar-refractivity contribution in [3.8, 4) is 5.75 Å². The highest BCUT2D eigenvalue weighted by atomic mass is 16.5. The quantitative estimate of drug-likeness (QED) is 0.475. The largest absolute Gasteiger partial charge is 0.493 e. The minimum absolute atomic E-state index is 0.498. The monoisotopic (exact) mass is 390 g/mol. The highest BCUT2D eigenvalue weighted by Gasteiger charge is 2.17. The van der Waals surface area contributed by atoms with E-state index in [9.17, 15) is 0 Å². The molecule has 6 nitrogen and oxygen atoms in total. The van der Waals surface area contributed by atoms with Crippen LogP contribution in [0.1, 0.15) is 38.3 Å². The summed E-state index contributed by atoms with van der Waals surface area (Å²) in [6.07, 6.45) is 1.08. The van der Waals surface area contributed by atoms with E-state index in [4.69, 9.17) is 9.47 Å². The van der Waals surface area contributed by atoms with Crippen LogP contribution in [-0.4, -0.2) is 63.4 Å². The lowest BCUT2D eigenvalue weighted by molar-refractivity contribution is 0.166. The first-order valence-electron chi connectivity index (χ1n) is 10.5. The number of aliphatic imine (C=N–C) groups is 1. The summed E-state index contributed by atoms with van der Waals surface area (Å²) < 4.78 is 11.6. The predicted octanol–water partition coefficient (Wildman–Crippen LogP) is 2.81. The highest BCUT2D eigenvalue weighted by molar-refractivity contribution is 5.79. The van der Waals surface area contributed by atoms with Crippen molar-refractivity contribution in [3.05, 3.63) is 29.3 Å². The molecular formula is C22H38N4O2. The van der Waals surface area contributed by atoms with E-state index in [1.54, 1.807) is 0 Å². The van der Waals surface area contributed by atoms with Gasteiger partial charge in [0, 0.05) is 50.8 Å². The molecule has 0 amide bonds. The second-order valence-corrected chi connectivity index (χ2v) is 7.73. The summed E-state index contributed by atoms with van der Waals surface area (Å²) in [5.41, 5.74) is 2.35. The number of rotatable bonds is 10. The summed E-state index contributed by atoms with van der Waals surface area (Å²) >= 11 is 0. The SMILES string of the molecule is CCN(CCNC(=NC)NCc1ccc(C)cc1OCC1CCOC1)C(C)C. The molecule has 0 saturated carbocycles. The lowest BCUT2D eigenvalue weighted by Crippen LogP contribution is -2.42. The van der Waals surface area contributed by atoms with Crippen LogP contribution in [0.15, 0.2) is 23.2 Å². The Bertz CT molecular complexity index is 613. The van der Waals surface area contributed by atoms with E-state index < -0.39 is 0 Å². The fourth-order valence-electron chi connectivity index (χ4n) is 3.36. The van der Waals surface area contributed by atoms with Gasteiger partial charge in [-0.3, -0.25) is 9.89 Å². The first kappa shape index (κ1) is 22.5. The van der Waals surface area contributed by atoms with Crippen LogP contribution in [0.2, 0.25) is 0 Å². The van der Waals surface area contributed by atoms with Crippen LogP contribution < -0.4 is 15.4 Å². The van der Waals surface area contributed by atoms with Gasteiger partial charge in [0.25, 0.3) is 0 Å². The fraction of sp³-hybridized carbons (Fsp3) is 0.682. The highest BCUT2D eigenvalue weighted by Crippen LogP contribution is 2.22.